The maximum atomic E-state index is 12.5. The average Bonchev–Trinajstić information content (AvgIpc) is 2.62. The third-order valence-electron chi connectivity index (χ3n) is 4.63. The number of hydrogen-bond acceptors (Lipinski definition) is 4. The molecule has 2 heterocycles. The highest BCUT2D eigenvalue weighted by Gasteiger charge is 2.28. The van der Waals surface area contributed by atoms with Crippen molar-refractivity contribution in [2.75, 3.05) is 26.7 Å². The molecule has 9 heteroatoms. The summed E-state index contributed by atoms with van der Waals surface area (Å²) in [5.74, 6) is 0.819. The molecule has 1 atom stereocenters. The average molecular weight is 368 g/mol. The number of carbonyl (C=O) groups excluding carboxylic acids is 1. The first kappa shape index (κ1) is 18.0. The second-order valence-corrected chi connectivity index (χ2v) is 7.91. The van der Waals surface area contributed by atoms with Crippen LogP contribution in [0.1, 0.15) is 30.9 Å². The van der Waals surface area contributed by atoms with E-state index in [9.17, 15) is 13.2 Å². The van der Waals surface area contributed by atoms with Crippen LogP contribution in [0.15, 0.2) is 24.3 Å². The predicted octanol–water partition coefficient (Wildman–Crippen LogP) is 0.738. The van der Waals surface area contributed by atoms with Crippen molar-refractivity contribution >= 4 is 16.2 Å². The Bertz CT molecular complexity index is 717. The van der Waals surface area contributed by atoms with Crippen molar-refractivity contribution in [3.63, 3.8) is 0 Å². The summed E-state index contributed by atoms with van der Waals surface area (Å²) in [5, 5.41) is 3.08. The van der Waals surface area contributed by atoms with Crippen LogP contribution in [-0.2, 0) is 10.2 Å². The Balaban J connectivity index is 1.54. The monoisotopic (exact) mass is 368 g/mol. The molecule has 2 aliphatic rings. The molecule has 0 spiro atoms. The van der Waals surface area contributed by atoms with Gasteiger partial charge in [-0.2, -0.15) is 13.1 Å². The number of fused-ring (bicyclic) bond motifs is 1. The van der Waals surface area contributed by atoms with Gasteiger partial charge in [-0.25, -0.2) is 9.52 Å². The molecule has 3 rings (SSSR count). The van der Waals surface area contributed by atoms with E-state index in [0.29, 0.717) is 32.5 Å². The Morgan fingerprint density at radius 1 is 1.20 bits per heavy atom. The van der Waals surface area contributed by atoms with E-state index in [1.165, 1.54) is 7.05 Å². The number of urea groups is 1. The van der Waals surface area contributed by atoms with E-state index >= 15 is 0 Å². The number of rotatable bonds is 4. The van der Waals surface area contributed by atoms with Gasteiger partial charge in [-0.05, 0) is 18.9 Å². The van der Waals surface area contributed by atoms with Gasteiger partial charge in [0.2, 0.25) is 0 Å². The van der Waals surface area contributed by atoms with Gasteiger partial charge < -0.3 is 15.0 Å². The van der Waals surface area contributed by atoms with Crippen LogP contribution in [0.5, 0.6) is 5.75 Å². The summed E-state index contributed by atoms with van der Waals surface area (Å²) in [4.78, 5) is 14.3. The molecule has 25 heavy (non-hydrogen) atoms. The van der Waals surface area contributed by atoms with E-state index in [1.807, 2.05) is 24.3 Å². The van der Waals surface area contributed by atoms with Gasteiger partial charge in [0.1, 0.15) is 5.75 Å². The number of hydrogen-bond donors (Lipinski definition) is 3. The number of carbonyl (C=O) groups is 1. The third-order valence-corrected chi connectivity index (χ3v) is 5.81. The lowest BCUT2D eigenvalue weighted by molar-refractivity contribution is 0.170. The van der Waals surface area contributed by atoms with E-state index in [1.54, 1.807) is 4.90 Å². The Kier molecular flexibility index (Phi) is 5.45. The third kappa shape index (κ3) is 4.42. The first-order valence-corrected chi connectivity index (χ1v) is 9.95. The molecular formula is C16H24N4O4S. The van der Waals surface area contributed by atoms with Crippen molar-refractivity contribution in [2.24, 2.45) is 0 Å². The molecule has 2 aliphatic heterocycles. The molecule has 0 radical (unpaired) electrons. The van der Waals surface area contributed by atoms with Gasteiger partial charge in [-0.15, -0.1) is 0 Å². The number of benzene rings is 1. The van der Waals surface area contributed by atoms with Crippen molar-refractivity contribution in [1.29, 1.82) is 0 Å². The van der Waals surface area contributed by atoms with Crippen LogP contribution in [-0.4, -0.2) is 52.1 Å². The van der Waals surface area contributed by atoms with Crippen LogP contribution in [0.25, 0.3) is 0 Å². The predicted molar refractivity (Wildman–Crippen MR) is 93.5 cm³/mol. The van der Waals surface area contributed by atoms with Gasteiger partial charge in [0.15, 0.2) is 0 Å². The molecular weight excluding hydrogens is 344 g/mol. The highest BCUT2D eigenvalue weighted by molar-refractivity contribution is 7.87. The fourth-order valence-corrected chi connectivity index (χ4v) is 4.00. The minimum atomic E-state index is -3.45. The molecule has 0 aliphatic carbocycles. The minimum absolute atomic E-state index is 0.0574. The highest BCUT2D eigenvalue weighted by Crippen LogP contribution is 2.31. The number of amides is 2. The molecule has 0 unspecified atom stereocenters. The van der Waals surface area contributed by atoms with Crippen LogP contribution in [0, 0.1) is 0 Å². The SMILES string of the molecule is CNS(=O)(=O)NC1CCN(C(=O)N[C@H]2CCOc3ccccc32)CC1. The molecule has 1 aromatic carbocycles. The van der Waals surface area contributed by atoms with Gasteiger partial charge in [-0.1, -0.05) is 18.2 Å². The van der Waals surface area contributed by atoms with Gasteiger partial charge in [0, 0.05) is 38.2 Å². The summed E-state index contributed by atoms with van der Waals surface area (Å²) >= 11 is 0. The van der Waals surface area contributed by atoms with E-state index in [4.69, 9.17) is 4.74 Å². The number of piperidine rings is 1. The van der Waals surface area contributed by atoms with Gasteiger partial charge in [0.05, 0.1) is 12.6 Å². The fraction of sp³-hybridized carbons (Fsp3) is 0.562. The number of nitrogens with zero attached hydrogens (tertiary/aromatic N) is 1. The van der Waals surface area contributed by atoms with E-state index < -0.39 is 10.2 Å². The molecule has 1 aromatic rings. The largest absolute Gasteiger partial charge is 0.493 e. The molecule has 1 fully saturated rings. The van der Waals surface area contributed by atoms with Crippen LogP contribution in [0.3, 0.4) is 0 Å². The van der Waals surface area contributed by atoms with Gasteiger partial charge in [0.25, 0.3) is 10.2 Å². The summed E-state index contributed by atoms with van der Waals surface area (Å²) in [6, 6.07) is 7.41. The zero-order chi connectivity index (χ0) is 17.9. The molecule has 3 N–H and O–H groups in total. The maximum absolute atomic E-state index is 12.5. The van der Waals surface area contributed by atoms with Crippen molar-refractivity contribution in [1.82, 2.24) is 19.7 Å². The molecule has 138 valence electrons. The van der Waals surface area contributed by atoms with E-state index in [2.05, 4.69) is 14.8 Å². The molecule has 0 saturated carbocycles. The molecule has 8 nitrogen and oxygen atoms in total. The zero-order valence-electron chi connectivity index (χ0n) is 14.2. The van der Waals surface area contributed by atoms with Crippen molar-refractivity contribution in [3.05, 3.63) is 29.8 Å². The highest BCUT2D eigenvalue weighted by atomic mass is 32.2. The summed E-state index contributed by atoms with van der Waals surface area (Å²) < 4.78 is 33.5. The Morgan fingerprint density at radius 3 is 2.64 bits per heavy atom. The fourth-order valence-electron chi connectivity index (χ4n) is 3.21. The van der Waals surface area contributed by atoms with Crippen LogP contribution >= 0.6 is 0 Å². The zero-order valence-corrected chi connectivity index (χ0v) is 15.0. The minimum Gasteiger partial charge on any atom is -0.493 e. The molecule has 0 aromatic heterocycles. The van der Waals surface area contributed by atoms with Gasteiger partial charge >= 0.3 is 6.03 Å². The topological polar surface area (TPSA) is 99.8 Å². The second-order valence-electron chi connectivity index (χ2n) is 6.26. The summed E-state index contributed by atoms with van der Waals surface area (Å²) in [6.07, 6.45) is 1.93. The Morgan fingerprint density at radius 2 is 1.92 bits per heavy atom. The first-order valence-electron chi connectivity index (χ1n) is 8.46. The van der Waals surface area contributed by atoms with Crippen LogP contribution in [0.4, 0.5) is 4.79 Å². The number of likely N-dealkylation sites (tertiary alicyclic amines) is 1. The molecule has 2 amide bonds. The van der Waals surface area contributed by atoms with E-state index in [0.717, 1.165) is 17.7 Å². The Hall–Kier alpha value is -1.84. The summed E-state index contributed by atoms with van der Waals surface area (Å²) in [7, 11) is -2.07. The quantitative estimate of drug-likeness (QED) is 0.730. The Labute approximate surface area is 148 Å². The first-order chi connectivity index (χ1) is 12.0. The number of ether oxygens (including phenoxy) is 1. The lowest BCUT2D eigenvalue weighted by Gasteiger charge is -2.34. The standard InChI is InChI=1S/C16H24N4O4S/c1-17-25(22,23)19-12-6-9-20(10-7-12)16(21)18-14-8-11-24-15-5-3-2-4-13(14)15/h2-5,12,14,17,19H,6-11H2,1H3,(H,18,21)/t14-/m0/s1. The van der Waals surface area contributed by atoms with E-state index in [-0.39, 0.29) is 18.1 Å². The normalized spacial score (nSPS) is 21.3. The van der Waals surface area contributed by atoms with Crippen molar-refractivity contribution in [2.45, 2.75) is 31.3 Å². The lowest BCUT2D eigenvalue weighted by Crippen LogP contribution is -2.51. The molecule has 0 bridgehead atoms. The van der Waals surface area contributed by atoms with Crippen LogP contribution in [0.2, 0.25) is 0 Å². The molecule has 1 saturated heterocycles. The van der Waals surface area contributed by atoms with Crippen LogP contribution < -0.4 is 19.5 Å². The maximum Gasteiger partial charge on any atom is 0.317 e. The second kappa shape index (κ2) is 7.59. The van der Waals surface area contributed by atoms with Crippen molar-refractivity contribution in [3.8, 4) is 5.75 Å². The number of para-hydroxylation sites is 1. The summed E-state index contributed by atoms with van der Waals surface area (Å²) in [5.41, 5.74) is 0.999. The lowest BCUT2D eigenvalue weighted by atomic mass is 10.0. The number of nitrogens with one attached hydrogen (secondary N) is 3. The van der Waals surface area contributed by atoms with Gasteiger partial charge in [-0.3, -0.25) is 0 Å². The summed E-state index contributed by atoms with van der Waals surface area (Å²) in [6.45, 7) is 1.62. The van der Waals surface area contributed by atoms with Crippen molar-refractivity contribution < 1.29 is 17.9 Å². The smallest absolute Gasteiger partial charge is 0.317 e.